The first-order chi connectivity index (χ1) is 11.6. The number of carbonyl (C=O) groups is 2. The molecule has 1 N–H and O–H groups in total. The molecule has 0 fully saturated rings. The minimum atomic E-state index is -0.547. The van der Waals surface area contributed by atoms with Crippen LogP contribution < -0.4 is 14.8 Å². The number of nitrogens with one attached hydrogen (secondary N) is 1. The van der Waals surface area contributed by atoms with Crippen molar-refractivity contribution in [2.24, 2.45) is 0 Å². The standard InChI is InChI=1S/C17H18N2O5/c1-22-14-7-6-12(9-15(14)23-2)17(21)19-10-16(20)24-11-13-5-3-4-8-18-13/h3-9H,10-11H2,1-2H3,(H,19,21). The molecule has 0 atom stereocenters. The molecule has 0 saturated heterocycles. The molecule has 7 nitrogen and oxygen atoms in total. The Labute approximate surface area is 139 Å². The van der Waals surface area contributed by atoms with E-state index in [0.717, 1.165) is 0 Å². The molecule has 126 valence electrons. The lowest BCUT2D eigenvalue weighted by atomic mass is 10.2. The van der Waals surface area contributed by atoms with Crippen LogP contribution in [0.4, 0.5) is 0 Å². The van der Waals surface area contributed by atoms with Crippen LogP contribution in [0.25, 0.3) is 0 Å². The van der Waals surface area contributed by atoms with Gasteiger partial charge in [0.2, 0.25) is 0 Å². The molecule has 0 spiro atoms. The number of nitrogens with zero attached hydrogens (tertiary/aromatic N) is 1. The number of ether oxygens (including phenoxy) is 3. The molecule has 0 saturated carbocycles. The highest BCUT2D eigenvalue weighted by atomic mass is 16.5. The van der Waals surface area contributed by atoms with Gasteiger partial charge in [-0.05, 0) is 30.3 Å². The topological polar surface area (TPSA) is 86.8 Å². The van der Waals surface area contributed by atoms with Gasteiger partial charge in [0.15, 0.2) is 11.5 Å². The van der Waals surface area contributed by atoms with Gasteiger partial charge in [-0.1, -0.05) is 6.07 Å². The van der Waals surface area contributed by atoms with Crippen molar-refractivity contribution in [1.29, 1.82) is 0 Å². The number of hydrogen-bond donors (Lipinski definition) is 1. The summed E-state index contributed by atoms with van der Waals surface area (Å²) in [5, 5.41) is 2.49. The maximum Gasteiger partial charge on any atom is 0.325 e. The monoisotopic (exact) mass is 330 g/mol. The molecular formula is C17H18N2O5. The molecule has 0 aliphatic heterocycles. The third-order valence-corrected chi connectivity index (χ3v) is 3.15. The average molecular weight is 330 g/mol. The highest BCUT2D eigenvalue weighted by molar-refractivity contribution is 5.96. The molecule has 24 heavy (non-hydrogen) atoms. The van der Waals surface area contributed by atoms with Gasteiger partial charge >= 0.3 is 5.97 Å². The van der Waals surface area contributed by atoms with E-state index in [-0.39, 0.29) is 13.2 Å². The molecule has 1 aromatic heterocycles. The third-order valence-electron chi connectivity index (χ3n) is 3.15. The molecule has 1 amide bonds. The molecule has 0 radical (unpaired) electrons. The van der Waals surface area contributed by atoms with Crippen LogP contribution in [0.2, 0.25) is 0 Å². The Balaban J connectivity index is 1.85. The molecule has 1 aromatic carbocycles. The van der Waals surface area contributed by atoms with Crippen molar-refractivity contribution in [3.05, 3.63) is 53.9 Å². The van der Waals surface area contributed by atoms with Crippen LogP contribution >= 0.6 is 0 Å². The minimum Gasteiger partial charge on any atom is -0.493 e. The number of amides is 1. The van der Waals surface area contributed by atoms with E-state index in [0.29, 0.717) is 22.8 Å². The summed E-state index contributed by atoms with van der Waals surface area (Å²) in [4.78, 5) is 27.8. The van der Waals surface area contributed by atoms with Gasteiger partial charge in [-0.2, -0.15) is 0 Å². The highest BCUT2D eigenvalue weighted by Gasteiger charge is 2.12. The zero-order valence-corrected chi connectivity index (χ0v) is 13.4. The normalized spacial score (nSPS) is 9.92. The first kappa shape index (κ1) is 17.3. The van der Waals surface area contributed by atoms with E-state index < -0.39 is 11.9 Å². The van der Waals surface area contributed by atoms with E-state index in [1.807, 2.05) is 0 Å². The Morgan fingerprint density at radius 2 is 1.88 bits per heavy atom. The summed E-state index contributed by atoms with van der Waals surface area (Å²) in [7, 11) is 2.99. The van der Waals surface area contributed by atoms with Crippen LogP contribution in [-0.4, -0.2) is 37.6 Å². The smallest absolute Gasteiger partial charge is 0.325 e. The van der Waals surface area contributed by atoms with Gasteiger partial charge in [0.05, 0.1) is 19.9 Å². The first-order valence-corrected chi connectivity index (χ1v) is 7.19. The molecule has 0 unspecified atom stereocenters. The number of methoxy groups -OCH3 is 2. The van der Waals surface area contributed by atoms with Crippen LogP contribution in [-0.2, 0) is 16.1 Å². The van der Waals surface area contributed by atoms with Crippen molar-refractivity contribution < 1.29 is 23.8 Å². The fourth-order valence-electron chi connectivity index (χ4n) is 1.92. The molecule has 0 aliphatic rings. The fourth-order valence-corrected chi connectivity index (χ4v) is 1.92. The summed E-state index contributed by atoms with van der Waals surface area (Å²) < 4.78 is 15.3. The van der Waals surface area contributed by atoms with Gasteiger partial charge in [0.1, 0.15) is 13.2 Å². The maximum atomic E-state index is 12.1. The summed E-state index contributed by atoms with van der Waals surface area (Å²) in [5.74, 6) is -0.00748. The molecule has 7 heteroatoms. The largest absolute Gasteiger partial charge is 0.493 e. The van der Waals surface area contributed by atoms with Crippen LogP contribution in [0.1, 0.15) is 16.1 Å². The van der Waals surface area contributed by atoms with Gasteiger partial charge in [0.25, 0.3) is 5.91 Å². The molecule has 0 bridgehead atoms. The molecular weight excluding hydrogens is 312 g/mol. The lowest BCUT2D eigenvalue weighted by molar-refractivity contribution is -0.143. The Bertz CT molecular complexity index is 703. The summed E-state index contributed by atoms with van der Waals surface area (Å²) in [6.07, 6.45) is 1.61. The van der Waals surface area contributed by atoms with E-state index in [1.165, 1.54) is 20.3 Å². The third kappa shape index (κ3) is 4.70. The average Bonchev–Trinajstić information content (AvgIpc) is 2.64. The van der Waals surface area contributed by atoms with Crippen LogP contribution in [0.15, 0.2) is 42.6 Å². The van der Waals surface area contributed by atoms with E-state index in [9.17, 15) is 9.59 Å². The zero-order valence-electron chi connectivity index (χ0n) is 13.4. The van der Waals surface area contributed by atoms with Gasteiger partial charge in [-0.3, -0.25) is 14.6 Å². The van der Waals surface area contributed by atoms with Gasteiger partial charge in [0, 0.05) is 11.8 Å². The number of hydrogen-bond acceptors (Lipinski definition) is 6. The SMILES string of the molecule is COc1ccc(C(=O)NCC(=O)OCc2ccccn2)cc1OC. The highest BCUT2D eigenvalue weighted by Crippen LogP contribution is 2.27. The summed E-state index contributed by atoms with van der Waals surface area (Å²) in [6, 6.07) is 10.1. The second-order valence-corrected chi connectivity index (χ2v) is 4.73. The van der Waals surface area contributed by atoms with Crippen LogP contribution in [0, 0.1) is 0 Å². The lowest BCUT2D eigenvalue weighted by Gasteiger charge is -2.10. The number of esters is 1. The minimum absolute atomic E-state index is 0.0614. The number of benzene rings is 1. The second-order valence-electron chi connectivity index (χ2n) is 4.73. The first-order valence-electron chi connectivity index (χ1n) is 7.19. The van der Waals surface area contributed by atoms with E-state index in [4.69, 9.17) is 14.2 Å². The number of carbonyl (C=O) groups excluding carboxylic acids is 2. The van der Waals surface area contributed by atoms with Crippen molar-refractivity contribution in [3.8, 4) is 11.5 Å². The predicted molar refractivity (Wildman–Crippen MR) is 85.9 cm³/mol. The van der Waals surface area contributed by atoms with Crippen LogP contribution in [0.3, 0.4) is 0 Å². The number of aromatic nitrogens is 1. The van der Waals surface area contributed by atoms with E-state index >= 15 is 0 Å². The fraction of sp³-hybridized carbons (Fsp3) is 0.235. The Morgan fingerprint density at radius 3 is 2.54 bits per heavy atom. The van der Waals surface area contributed by atoms with Gasteiger partial charge in [-0.25, -0.2) is 0 Å². The van der Waals surface area contributed by atoms with Crippen molar-refractivity contribution in [3.63, 3.8) is 0 Å². The maximum absolute atomic E-state index is 12.1. The number of pyridine rings is 1. The molecule has 2 aromatic rings. The molecule has 2 rings (SSSR count). The number of rotatable bonds is 7. The predicted octanol–water partition coefficient (Wildman–Crippen LogP) is 1.57. The second kappa shape index (κ2) is 8.52. The lowest BCUT2D eigenvalue weighted by Crippen LogP contribution is -2.30. The van der Waals surface area contributed by atoms with E-state index in [2.05, 4.69) is 10.3 Å². The summed E-state index contributed by atoms with van der Waals surface area (Å²) >= 11 is 0. The van der Waals surface area contributed by atoms with Gasteiger partial charge in [-0.15, -0.1) is 0 Å². The van der Waals surface area contributed by atoms with Crippen molar-refractivity contribution in [1.82, 2.24) is 10.3 Å². The van der Waals surface area contributed by atoms with Gasteiger partial charge < -0.3 is 19.5 Å². The molecule has 0 aliphatic carbocycles. The summed E-state index contributed by atoms with van der Waals surface area (Å²) in [5.41, 5.74) is 0.988. The van der Waals surface area contributed by atoms with Crippen LogP contribution in [0.5, 0.6) is 11.5 Å². The Hall–Kier alpha value is -3.09. The quantitative estimate of drug-likeness (QED) is 0.776. The van der Waals surface area contributed by atoms with Crippen molar-refractivity contribution >= 4 is 11.9 Å². The van der Waals surface area contributed by atoms with Crippen molar-refractivity contribution in [2.75, 3.05) is 20.8 Å². The molecule has 1 heterocycles. The Morgan fingerprint density at radius 1 is 1.08 bits per heavy atom. The zero-order chi connectivity index (χ0) is 17.4. The van der Waals surface area contributed by atoms with Crippen molar-refractivity contribution in [2.45, 2.75) is 6.61 Å². The Kier molecular flexibility index (Phi) is 6.13. The summed E-state index contributed by atoms with van der Waals surface area (Å²) in [6.45, 7) is -0.175. The van der Waals surface area contributed by atoms with E-state index in [1.54, 1.807) is 36.5 Å².